The maximum atomic E-state index is 11.9. The van der Waals surface area contributed by atoms with Gasteiger partial charge in [0.25, 0.3) is 0 Å². The predicted molar refractivity (Wildman–Crippen MR) is 78.3 cm³/mol. The first-order chi connectivity index (χ1) is 9.22. The molecule has 1 saturated heterocycles. The summed E-state index contributed by atoms with van der Waals surface area (Å²) in [6.07, 6.45) is 1.37. The SMILES string of the molecule is Cc1ccccc1N1CCN(C(=O)CCCN)CC1. The van der Waals surface area contributed by atoms with Gasteiger partial charge < -0.3 is 15.5 Å². The van der Waals surface area contributed by atoms with Gasteiger partial charge in [-0.05, 0) is 31.5 Å². The Bertz CT molecular complexity index is 425. The van der Waals surface area contributed by atoms with Crippen molar-refractivity contribution in [2.24, 2.45) is 5.73 Å². The minimum atomic E-state index is 0.245. The Morgan fingerprint density at radius 3 is 2.53 bits per heavy atom. The Morgan fingerprint density at radius 1 is 1.21 bits per heavy atom. The summed E-state index contributed by atoms with van der Waals surface area (Å²) in [6, 6.07) is 8.42. The molecule has 1 heterocycles. The third-order valence-electron chi connectivity index (χ3n) is 3.68. The fraction of sp³-hybridized carbons (Fsp3) is 0.533. The maximum Gasteiger partial charge on any atom is 0.222 e. The number of piperazine rings is 1. The average Bonchev–Trinajstić information content (AvgIpc) is 2.45. The molecule has 0 unspecified atom stereocenters. The van der Waals surface area contributed by atoms with E-state index < -0.39 is 0 Å². The van der Waals surface area contributed by atoms with Crippen LogP contribution in [0.2, 0.25) is 0 Å². The highest BCUT2D eigenvalue weighted by atomic mass is 16.2. The molecule has 4 nitrogen and oxygen atoms in total. The second kappa shape index (κ2) is 6.57. The largest absolute Gasteiger partial charge is 0.368 e. The lowest BCUT2D eigenvalue weighted by atomic mass is 10.1. The summed E-state index contributed by atoms with van der Waals surface area (Å²) in [6.45, 7) is 6.19. The van der Waals surface area contributed by atoms with Crippen molar-refractivity contribution >= 4 is 11.6 Å². The topological polar surface area (TPSA) is 49.6 Å². The maximum absolute atomic E-state index is 11.9. The fourth-order valence-electron chi connectivity index (χ4n) is 2.53. The zero-order valence-corrected chi connectivity index (χ0v) is 11.6. The number of nitrogens with zero attached hydrogens (tertiary/aromatic N) is 2. The van der Waals surface area contributed by atoms with Crippen LogP contribution < -0.4 is 10.6 Å². The van der Waals surface area contributed by atoms with Crippen LogP contribution in [0, 0.1) is 6.92 Å². The second-order valence-electron chi connectivity index (χ2n) is 5.05. The molecule has 0 atom stereocenters. The highest BCUT2D eigenvalue weighted by Crippen LogP contribution is 2.20. The Hall–Kier alpha value is -1.55. The molecule has 1 aliphatic rings. The summed E-state index contributed by atoms with van der Waals surface area (Å²) in [4.78, 5) is 16.2. The molecule has 1 aromatic rings. The van der Waals surface area contributed by atoms with Gasteiger partial charge in [-0.1, -0.05) is 18.2 Å². The van der Waals surface area contributed by atoms with Crippen LogP contribution in [0.15, 0.2) is 24.3 Å². The quantitative estimate of drug-likeness (QED) is 0.891. The third-order valence-corrected chi connectivity index (χ3v) is 3.68. The molecule has 0 aromatic heterocycles. The van der Waals surface area contributed by atoms with Crippen molar-refractivity contribution in [1.29, 1.82) is 0 Å². The van der Waals surface area contributed by atoms with Crippen LogP contribution in [0.4, 0.5) is 5.69 Å². The summed E-state index contributed by atoms with van der Waals surface area (Å²) in [5, 5.41) is 0. The third kappa shape index (κ3) is 3.47. The first-order valence-electron chi connectivity index (χ1n) is 7.01. The van der Waals surface area contributed by atoms with Gasteiger partial charge in [-0.2, -0.15) is 0 Å². The van der Waals surface area contributed by atoms with Gasteiger partial charge in [-0.25, -0.2) is 0 Å². The molecule has 1 fully saturated rings. The number of anilines is 1. The molecule has 0 saturated carbocycles. The number of rotatable bonds is 4. The van der Waals surface area contributed by atoms with Crippen molar-refractivity contribution in [3.63, 3.8) is 0 Å². The van der Waals surface area contributed by atoms with E-state index in [0.29, 0.717) is 13.0 Å². The van der Waals surface area contributed by atoms with Crippen LogP contribution in [0.1, 0.15) is 18.4 Å². The van der Waals surface area contributed by atoms with Gasteiger partial charge in [0.2, 0.25) is 5.91 Å². The Labute approximate surface area is 115 Å². The lowest BCUT2D eigenvalue weighted by Gasteiger charge is -2.36. The number of carbonyl (C=O) groups is 1. The van der Waals surface area contributed by atoms with Gasteiger partial charge in [0.05, 0.1) is 0 Å². The molecular formula is C15H23N3O. The molecule has 4 heteroatoms. The fourth-order valence-corrected chi connectivity index (χ4v) is 2.53. The molecular weight excluding hydrogens is 238 g/mol. The lowest BCUT2D eigenvalue weighted by Crippen LogP contribution is -2.49. The number of hydrogen-bond donors (Lipinski definition) is 1. The number of para-hydroxylation sites is 1. The van der Waals surface area contributed by atoms with Crippen LogP contribution >= 0.6 is 0 Å². The van der Waals surface area contributed by atoms with Gasteiger partial charge in [0.15, 0.2) is 0 Å². The second-order valence-corrected chi connectivity index (χ2v) is 5.05. The van der Waals surface area contributed by atoms with Crippen LogP contribution in [-0.2, 0) is 4.79 Å². The van der Waals surface area contributed by atoms with E-state index in [1.807, 2.05) is 4.90 Å². The van der Waals surface area contributed by atoms with Crippen LogP contribution in [0.3, 0.4) is 0 Å². The summed E-state index contributed by atoms with van der Waals surface area (Å²) in [5.74, 6) is 0.245. The monoisotopic (exact) mass is 261 g/mol. The number of hydrogen-bond acceptors (Lipinski definition) is 3. The molecule has 1 aromatic carbocycles. The first kappa shape index (κ1) is 13.9. The van der Waals surface area contributed by atoms with E-state index in [4.69, 9.17) is 5.73 Å². The van der Waals surface area contributed by atoms with Crippen LogP contribution in [0.5, 0.6) is 0 Å². The normalized spacial score (nSPS) is 15.7. The van der Waals surface area contributed by atoms with E-state index in [9.17, 15) is 4.79 Å². The van der Waals surface area contributed by atoms with Crippen molar-refractivity contribution in [2.45, 2.75) is 19.8 Å². The smallest absolute Gasteiger partial charge is 0.222 e. The summed E-state index contributed by atoms with van der Waals surface area (Å²) in [7, 11) is 0. The van der Waals surface area contributed by atoms with Crippen LogP contribution in [0.25, 0.3) is 0 Å². The molecule has 0 aliphatic carbocycles. The number of carbonyl (C=O) groups excluding carboxylic acids is 1. The lowest BCUT2D eigenvalue weighted by molar-refractivity contribution is -0.131. The summed E-state index contributed by atoms with van der Waals surface area (Å²) >= 11 is 0. The number of aryl methyl sites for hydroxylation is 1. The molecule has 19 heavy (non-hydrogen) atoms. The summed E-state index contributed by atoms with van der Waals surface area (Å²) in [5.41, 5.74) is 8.03. The van der Waals surface area contributed by atoms with Gasteiger partial charge in [-0.15, -0.1) is 0 Å². The van der Waals surface area contributed by atoms with Gasteiger partial charge in [0, 0.05) is 38.3 Å². The van der Waals surface area contributed by atoms with Crippen molar-refractivity contribution in [3.05, 3.63) is 29.8 Å². The van der Waals surface area contributed by atoms with E-state index in [1.165, 1.54) is 11.3 Å². The molecule has 104 valence electrons. The van der Waals surface area contributed by atoms with E-state index >= 15 is 0 Å². The van der Waals surface area contributed by atoms with E-state index in [2.05, 4.69) is 36.1 Å². The molecule has 0 bridgehead atoms. The number of amides is 1. The van der Waals surface area contributed by atoms with Gasteiger partial charge >= 0.3 is 0 Å². The molecule has 1 aliphatic heterocycles. The number of nitrogens with two attached hydrogens (primary N) is 1. The molecule has 2 rings (SSSR count). The minimum Gasteiger partial charge on any atom is -0.368 e. The zero-order chi connectivity index (χ0) is 13.7. The van der Waals surface area contributed by atoms with Crippen molar-refractivity contribution in [1.82, 2.24) is 4.90 Å². The molecule has 0 spiro atoms. The van der Waals surface area contributed by atoms with E-state index in [-0.39, 0.29) is 5.91 Å². The van der Waals surface area contributed by atoms with Crippen molar-refractivity contribution < 1.29 is 4.79 Å². The van der Waals surface area contributed by atoms with Crippen LogP contribution in [-0.4, -0.2) is 43.5 Å². The van der Waals surface area contributed by atoms with Gasteiger partial charge in [0.1, 0.15) is 0 Å². The van der Waals surface area contributed by atoms with Gasteiger partial charge in [-0.3, -0.25) is 4.79 Å². The standard InChI is InChI=1S/C15H23N3O/c1-13-5-2-3-6-14(13)17-9-11-18(12-10-17)15(19)7-4-8-16/h2-3,5-6H,4,7-12,16H2,1H3. The molecule has 2 N–H and O–H groups in total. The van der Waals surface area contributed by atoms with Crippen molar-refractivity contribution in [2.75, 3.05) is 37.6 Å². The highest BCUT2D eigenvalue weighted by molar-refractivity contribution is 5.76. The first-order valence-corrected chi connectivity index (χ1v) is 7.01. The summed E-state index contributed by atoms with van der Waals surface area (Å²) < 4.78 is 0. The minimum absolute atomic E-state index is 0.245. The van der Waals surface area contributed by atoms with Crippen molar-refractivity contribution in [3.8, 4) is 0 Å². The average molecular weight is 261 g/mol. The Morgan fingerprint density at radius 2 is 1.89 bits per heavy atom. The van der Waals surface area contributed by atoms with E-state index in [0.717, 1.165) is 32.6 Å². The molecule has 0 radical (unpaired) electrons. The number of benzene rings is 1. The van der Waals surface area contributed by atoms with E-state index in [1.54, 1.807) is 0 Å². The Kier molecular flexibility index (Phi) is 4.80. The Balaban J connectivity index is 1.89. The predicted octanol–water partition coefficient (Wildman–Crippen LogP) is 1.38. The zero-order valence-electron chi connectivity index (χ0n) is 11.6. The highest BCUT2D eigenvalue weighted by Gasteiger charge is 2.21. The molecule has 1 amide bonds.